The van der Waals surface area contributed by atoms with E-state index < -0.39 is 24.8 Å². The summed E-state index contributed by atoms with van der Waals surface area (Å²) < 4.78 is 75.0. The van der Waals surface area contributed by atoms with Gasteiger partial charge in [0.15, 0.2) is 0 Å². The fourth-order valence-electron chi connectivity index (χ4n) is 10.6. The zero-order chi connectivity index (χ0) is 53.5. The highest BCUT2D eigenvalue weighted by atomic mass is 19.1. The maximum Gasteiger partial charge on any atom is 0.864 e. The van der Waals surface area contributed by atoms with Crippen LogP contribution in [-0.2, 0) is 0 Å². The van der Waals surface area contributed by atoms with Gasteiger partial charge in [0.25, 0.3) is 0 Å². The summed E-state index contributed by atoms with van der Waals surface area (Å²) in [7, 11) is -1.87. The van der Waals surface area contributed by atoms with Gasteiger partial charge in [0.2, 0.25) is 0 Å². The second kappa shape index (κ2) is 22.6. The van der Waals surface area contributed by atoms with Gasteiger partial charge in [-0.1, -0.05) is 273 Å². The summed E-state index contributed by atoms with van der Waals surface area (Å²) in [5, 5.41) is 0. The molecule has 0 radical (unpaired) electrons. The Balaban J connectivity index is 1.16. The van der Waals surface area contributed by atoms with E-state index >= 15 is 13.2 Å². The van der Waals surface area contributed by atoms with Crippen LogP contribution in [-0.4, -0.2) is 7.32 Å². The van der Waals surface area contributed by atoms with Crippen LogP contribution in [0.3, 0.4) is 0 Å². The molecule has 0 bridgehead atoms. The van der Waals surface area contributed by atoms with Gasteiger partial charge in [-0.25, -0.2) is 13.2 Å². The SMILES string of the molecule is Fc1cc(OB(Oc2cc(F)c(-c3ccccc3)c(-c3ccccc3)c2-c2ccccc2)Oc2cc(F)c(-c3ccccc3)c(-c3ccccc3)c2-c2ccccc2)c(-c2ccccc2)c(-c2ccccc2)c1-c1ccccc1. The second-order valence-electron chi connectivity index (χ2n) is 18.9. The van der Waals surface area contributed by atoms with Crippen LogP contribution in [0.5, 0.6) is 17.2 Å². The maximum atomic E-state index is 17.8. The highest BCUT2D eigenvalue weighted by Crippen LogP contribution is 2.51. The summed E-state index contributed by atoms with van der Waals surface area (Å²) in [6.45, 7) is 0. The maximum absolute atomic E-state index is 17.8. The quantitative estimate of drug-likeness (QED) is 0.0958. The van der Waals surface area contributed by atoms with Gasteiger partial charge < -0.3 is 14.0 Å². The lowest BCUT2D eigenvalue weighted by molar-refractivity contribution is 0.307. The molecular weight excluding hydrogens is 981 g/mol. The molecule has 0 aliphatic heterocycles. The molecule has 12 aromatic carbocycles. The second-order valence-corrected chi connectivity index (χ2v) is 18.9. The van der Waals surface area contributed by atoms with Gasteiger partial charge >= 0.3 is 7.32 Å². The van der Waals surface area contributed by atoms with E-state index in [0.29, 0.717) is 83.5 Å². The van der Waals surface area contributed by atoms with Crippen molar-refractivity contribution >= 4 is 7.32 Å². The normalized spacial score (nSPS) is 11.0. The van der Waals surface area contributed by atoms with E-state index in [1.807, 2.05) is 273 Å². The molecule has 0 heterocycles. The molecule has 7 heteroatoms. The van der Waals surface area contributed by atoms with Crippen molar-refractivity contribution in [1.29, 1.82) is 0 Å². The Morgan fingerprint density at radius 1 is 0.190 bits per heavy atom. The molecule has 0 fully saturated rings. The zero-order valence-corrected chi connectivity index (χ0v) is 42.6. The van der Waals surface area contributed by atoms with Gasteiger partial charge in [0, 0.05) is 68.3 Å². The van der Waals surface area contributed by atoms with Crippen molar-refractivity contribution in [3.63, 3.8) is 0 Å². The average Bonchev–Trinajstić information content (AvgIpc) is 3.55. The van der Waals surface area contributed by atoms with Crippen molar-refractivity contribution in [3.8, 4) is 117 Å². The lowest BCUT2D eigenvalue weighted by atomic mass is 9.85. The summed E-state index contributed by atoms with van der Waals surface area (Å²) in [6.07, 6.45) is 0. The molecule has 378 valence electrons. The average molecular weight is 1030 g/mol. The Labute approximate surface area is 458 Å². The summed E-state index contributed by atoms with van der Waals surface area (Å²) in [4.78, 5) is 0. The van der Waals surface area contributed by atoms with Crippen molar-refractivity contribution in [2.45, 2.75) is 0 Å². The monoisotopic (exact) mass is 1030 g/mol. The van der Waals surface area contributed by atoms with Crippen LogP contribution in [0.4, 0.5) is 13.2 Å². The molecule has 0 spiro atoms. The fourth-order valence-corrected chi connectivity index (χ4v) is 10.6. The lowest BCUT2D eigenvalue weighted by Crippen LogP contribution is -2.37. The summed E-state index contributed by atoms with van der Waals surface area (Å²) >= 11 is 0. The summed E-state index contributed by atoms with van der Waals surface area (Å²) in [5.74, 6) is -1.61. The smallest absolute Gasteiger partial charge is 0.489 e. The van der Waals surface area contributed by atoms with Crippen LogP contribution < -0.4 is 14.0 Å². The number of hydrogen-bond acceptors (Lipinski definition) is 3. The van der Waals surface area contributed by atoms with Crippen LogP contribution in [0, 0.1) is 17.5 Å². The fraction of sp³-hybridized carbons (Fsp3) is 0. The minimum Gasteiger partial charge on any atom is -0.489 e. The molecule has 0 saturated carbocycles. The molecular formula is C72H48BF3O3. The van der Waals surface area contributed by atoms with Crippen LogP contribution in [0.25, 0.3) is 100 Å². The summed E-state index contributed by atoms with van der Waals surface area (Å²) in [5.41, 5.74) is 10.5. The highest BCUT2D eigenvalue weighted by molar-refractivity contribution is 6.40. The third-order valence-corrected chi connectivity index (χ3v) is 14.0. The minimum absolute atomic E-state index is 0.0454. The lowest BCUT2D eigenvalue weighted by Gasteiger charge is -2.26. The molecule has 0 aliphatic rings. The predicted molar refractivity (Wildman–Crippen MR) is 316 cm³/mol. The molecule has 79 heavy (non-hydrogen) atoms. The van der Waals surface area contributed by atoms with E-state index in [0.717, 1.165) is 16.7 Å². The van der Waals surface area contributed by atoms with Crippen molar-refractivity contribution in [2.24, 2.45) is 0 Å². The molecule has 0 unspecified atom stereocenters. The molecule has 12 aromatic rings. The molecule has 0 aromatic heterocycles. The number of benzene rings is 12. The van der Waals surface area contributed by atoms with E-state index in [-0.39, 0.29) is 17.2 Å². The molecule has 0 atom stereocenters. The third-order valence-electron chi connectivity index (χ3n) is 14.0. The molecule has 12 rings (SSSR count). The third kappa shape index (κ3) is 10.2. The van der Waals surface area contributed by atoms with E-state index in [4.69, 9.17) is 14.0 Å². The van der Waals surface area contributed by atoms with E-state index in [2.05, 4.69) is 0 Å². The Morgan fingerprint density at radius 3 is 0.519 bits per heavy atom. The van der Waals surface area contributed by atoms with Gasteiger partial charge in [-0.15, -0.1) is 0 Å². The predicted octanol–water partition coefficient (Wildman–Crippen LogP) is 19.6. The van der Waals surface area contributed by atoms with Crippen molar-refractivity contribution < 1.29 is 27.1 Å². The first-order valence-corrected chi connectivity index (χ1v) is 26.1. The van der Waals surface area contributed by atoms with E-state index in [9.17, 15) is 0 Å². The standard InChI is InChI=1S/C72H48BF3O3/c74-58-46-61(67(52-34-16-4-17-35-52)70(55-40-22-7-23-41-55)64(58)49-28-10-1-11-29-49)77-73(78-62-47-59(75)65(50-30-12-2-13-31-50)71(56-42-24-8-25-43-56)68(62)53-36-18-5-19-37-53)79-63-48-60(76)66(51-32-14-3-15-33-51)72(57-44-26-9-27-45-57)69(63)54-38-20-6-21-39-54/h1-48H. The highest BCUT2D eigenvalue weighted by Gasteiger charge is 2.38. The first kappa shape index (κ1) is 49.8. The Hall–Kier alpha value is -10.1. The molecule has 0 saturated heterocycles. The molecule has 0 amide bonds. The Kier molecular flexibility index (Phi) is 14.2. The van der Waals surface area contributed by atoms with Crippen LogP contribution >= 0.6 is 0 Å². The Morgan fingerprint density at radius 2 is 0.342 bits per heavy atom. The summed E-state index contributed by atoms with van der Waals surface area (Å²) in [6, 6.07) is 89.8. The molecule has 3 nitrogen and oxygen atoms in total. The van der Waals surface area contributed by atoms with Crippen LogP contribution in [0.2, 0.25) is 0 Å². The molecule has 0 aliphatic carbocycles. The van der Waals surface area contributed by atoms with Gasteiger partial charge in [0.1, 0.15) is 34.7 Å². The largest absolute Gasteiger partial charge is 0.864 e. The van der Waals surface area contributed by atoms with Crippen molar-refractivity contribution in [1.82, 2.24) is 0 Å². The van der Waals surface area contributed by atoms with Gasteiger partial charge in [-0.2, -0.15) is 0 Å². The topological polar surface area (TPSA) is 27.7 Å². The van der Waals surface area contributed by atoms with Gasteiger partial charge in [-0.3, -0.25) is 0 Å². The van der Waals surface area contributed by atoms with Crippen LogP contribution in [0.15, 0.2) is 291 Å². The van der Waals surface area contributed by atoms with Crippen molar-refractivity contribution in [2.75, 3.05) is 0 Å². The number of rotatable bonds is 15. The van der Waals surface area contributed by atoms with Crippen molar-refractivity contribution in [3.05, 3.63) is 309 Å². The first-order chi connectivity index (χ1) is 39.0. The Bertz CT molecular complexity index is 3600. The minimum atomic E-state index is -1.87. The van der Waals surface area contributed by atoms with Crippen LogP contribution in [0.1, 0.15) is 0 Å². The zero-order valence-electron chi connectivity index (χ0n) is 42.6. The van der Waals surface area contributed by atoms with Gasteiger partial charge in [-0.05, 0) is 50.1 Å². The van der Waals surface area contributed by atoms with Gasteiger partial charge in [0.05, 0.1) is 0 Å². The number of halogens is 3. The molecule has 0 N–H and O–H groups in total. The number of hydrogen-bond donors (Lipinski definition) is 0. The first-order valence-electron chi connectivity index (χ1n) is 26.1. The van der Waals surface area contributed by atoms with E-state index in [1.54, 1.807) is 0 Å². The van der Waals surface area contributed by atoms with E-state index in [1.165, 1.54) is 18.2 Å².